The number of carboxylic acids is 1. The highest BCUT2D eigenvalue weighted by atomic mass is 16.4. The normalized spacial score (nSPS) is 14.3. The van der Waals surface area contributed by atoms with Gasteiger partial charge in [0.15, 0.2) is 0 Å². The molecular weight excluding hydrogens is 498 g/mol. The van der Waals surface area contributed by atoms with E-state index in [1.165, 1.54) is 11.1 Å². The number of aliphatic carboxylic acids is 1. The number of hydrogen-bond donors (Lipinski definition) is 1. The topological polar surface area (TPSA) is 77.1 Å². The Hall–Kier alpha value is -3.93. The molecule has 1 aliphatic carbocycles. The molecule has 3 aromatic carbocycles. The van der Waals surface area contributed by atoms with Crippen molar-refractivity contribution >= 4 is 5.97 Å². The van der Waals surface area contributed by atoms with Gasteiger partial charge >= 0.3 is 11.7 Å². The minimum atomic E-state index is -0.724. The van der Waals surface area contributed by atoms with Crippen LogP contribution in [0.5, 0.6) is 0 Å². The van der Waals surface area contributed by atoms with E-state index in [1.807, 2.05) is 31.2 Å². The minimum Gasteiger partial charge on any atom is -0.481 e. The molecule has 0 saturated heterocycles. The Morgan fingerprint density at radius 1 is 0.875 bits per heavy atom. The molecule has 40 heavy (non-hydrogen) atoms. The molecule has 1 saturated carbocycles. The van der Waals surface area contributed by atoms with Crippen LogP contribution in [0.25, 0.3) is 11.1 Å². The van der Waals surface area contributed by atoms with E-state index in [4.69, 9.17) is 5.10 Å². The molecule has 0 spiro atoms. The van der Waals surface area contributed by atoms with Crippen molar-refractivity contribution in [1.29, 1.82) is 0 Å². The first-order valence-corrected chi connectivity index (χ1v) is 14.3. The van der Waals surface area contributed by atoms with Gasteiger partial charge in [0.1, 0.15) is 5.82 Å². The highest BCUT2D eigenvalue weighted by molar-refractivity contribution is 5.85. The van der Waals surface area contributed by atoms with E-state index in [0.717, 1.165) is 60.2 Å². The molecule has 6 heteroatoms. The van der Waals surface area contributed by atoms with Crippen LogP contribution in [-0.2, 0) is 41.6 Å². The molecular formula is C34H39N3O3. The number of nitrogens with zero attached hydrogens (tertiary/aromatic N) is 3. The van der Waals surface area contributed by atoms with Gasteiger partial charge in [-0.05, 0) is 71.4 Å². The lowest BCUT2D eigenvalue weighted by Gasteiger charge is -2.19. The Kier molecular flexibility index (Phi) is 7.54. The van der Waals surface area contributed by atoms with E-state index >= 15 is 0 Å². The molecule has 1 aromatic heterocycles. The minimum absolute atomic E-state index is 0.0521. The van der Waals surface area contributed by atoms with Crippen molar-refractivity contribution in [2.45, 2.75) is 83.7 Å². The van der Waals surface area contributed by atoms with E-state index in [1.54, 1.807) is 9.25 Å². The lowest BCUT2D eigenvalue weighted by atomic mass is 9.87. The summed E-state index contributed by atoms with van der Waals surface area (Å²) in [5.41, 5.74) is 6.07. The second-order valence-electron chi connectivity index (χ2n) is 12.1. The molecule has 208 valence electrons. The Morgan fingerprint density at radius 2 is 1.45 bits per heavy atom. The number of carbonyl (C=O) groups is 1. The summed E-state index contributed by atoms with van der Waals surface area (Å²) in [7, 11) is 0. The van der Waals surface area contributed by atoms with Crippen molar-refractivity contribution in [3.8, 4) is 11.1 Å². The average Bonchev–Trinajstić information content (AvgIpc) is 3.70. The standard InChI is InChI=1S/C34H39N3O3/c1-5-36-30(35-37(32(36)40)23-25-11-17-28(18-12-25)33(2,3)4)8-6-7-24-9-13-26(14-10-24)27-15-19-29(20-16-27)34(21-22-34)31(38)39/h9-20H,5-8,21-23H2,1-4H3,(H,38,39). The molecule has 1 fully saturated rings. The maximum atomic E-state index is 13.0. The van der Waals surface area contributed by atoms with Gasteiger partial charge in [-0.1, -0.05) is 93.6 Å². The summed E-state index contributed by atoms with van der Waals surface area (Å²) in [4.78, 5) is 24.6. The average molecular weight is 538 g/mol. The largest absolute Gasteiger partial charge is 0.481 e. The number of rotatable bonds is 10. The van der Waals surface area contributed by atoms with Crippen LogP contribution in [0.1, 0.15) is 75.0 Å². The van der Waals surface area contributed by atoms with Gasteiger partial charge in [0.05, 0.1) is 12.0 Å². The molecule has 0 radical (unpaired) electrons. The second kappa shape index (κ2) is 10.9. The zero-order chi connectivity index (χ0) is 28.5. The Bertz CT molecular complexity index is 1530. The van der Waals surface area contributed by atoms with Crippen LogP contribution in [0.15, 0.2) is 77.6 Å². The quantitative estimate of drug-likeness (QED) is 0.255. The van der Waals surface area contributed by atoms with Crippen molar-refractivity contribution < 1.29 is 9.90 Å². The van der Waals surface area contributed by atoms with Crippen LogP contribution < -0.4 is 5.69 Å². The number of benzene rings is 3. The fourth-order valence-electron chi connectivity index (χ4n) is 5.42. The molecule has 0 unspecified atom stereocenters. The molecule has 5 rings (SSSR count). The number of carboxylic acid groups (broad SMARTS) is 1. The van der Waals surface area contributed by atoms with E-state index in [2.05, 4.69) is 69.3 Å². The molecule has 6 nitrogen and oxygen atoms in total. The molecule has 0 bridgehead atoms. The maximum absolute atomic E-state index is 13.0. The van der Waals surface area contributed by atoms with Crippen LogP contribution in [-0.4, -0.2) is 25.4 Å². The summed E-state index contributed by atoms with van der Waals surface area (Å²) in [5.74, 6) is 0.114. The first-order chi connectivity index (χ1) is 19.1. The van der Waals surface area contributed by atoms with Gasteiger partial charge < -0.3 is 5.11 Å². The Labute approximate surface area is 236 Å². The monoisotopic (exact) mass is 537 g/mol. The third-order valence-electron chi connectivity index (χ3n) is 8.22. The Balaban J connectivity index is 1.19. The summed E-state index contributed by atoms with van der Waals surface area (Å²) in [6, 6.07) is 25.0. The highest BCUT2D eigenvalue weighted by Crippen LogP contribution is 2.48. The lowest BCUT2D eigenvalue weighted by molar-refractivity contribution is -0.140. The SMILES string of the molecule is CCn1c(CCCc2ccc(-c3ccc(C4(C(=O)O)CC4)cc3)cc2)nn(Cc2ccc(C(C)(C)C)cc2)c1=O. The summed E-state index contributed by atoms with van der Waals surface area (Å²) < 4.78 is 3.37. The summed E-state index contributed by atoms with van der Waals surface area (Å²) in [6.45, 7) is 9.67. The lowest BCUT2D eigenvalue weighted by Crippen LogP contribution is -2.25. The van der Waals surface area contributed by atoms with Crippen molar-refractivity contribution in [2.75, 3.05) is 0 Å². The molecule has 1 aliphatic rings. The number of aromatic nitrogens is 3. The van der Waals surface area contributed by atoms with Crippen LogP contribution in [0.3, 0.4) is 0 Å². The third-order valence-corrected chi connectivity index (χ3v) is 8.22. The van der Waals surface area contributed by atoms with E-state index in [0.29, 0.717) is 13.1 Å². The first-order valence-electron chi connectivity index (χ1n) is 14.3. The van der Waals surface area contributed by atoms with Crippen LogP contribution in [0.4, 0.5) is 0 Å². The van der Waals surface area contributed by atoms with Gasteiger partial charge in [0, 0.05) is 13.0 Å². The van der Waals surface area contributed by atoms with Gasteiger partial charge in [-0.2, -0.15) is 5.10 Å². The number of hydrogen-bond acceptors (Lipinski definition) is 3. The van der Waals surface area contributed by atoms with Gasteiger partial charge in [0.2, 0.25) is 0 Å². The summed E-state index contributed by atoms with van der Waals surface area (Å²) in [6.07, 6.45) is 3.99. The first kappa shape index (κ1) is 27.6. The second-order valence-corrected chi connectivity index (χ2v) is 12.1. The predicted octanol–water partition coefficient (Wildman–Crippen LogP) is 6.37. The molecule has 0 amide bonds. The van der Waals surface area contributed by atoms with Crippen LogP contribution in [0.2, 0.25) is 0 Å². The van der Waals surface area contributed by atoms with Gasteiger partial charge in [-0.15, -0.1) is 0 Å². The molecule has 1 N–H and O–H groups in total. The summed E-state index contributed by atoms with van der Waals surface area (Å²) >= 11 is 0. The van der Waals surface area contributed by atoms with E-state index in [-0.39, 0.29) is 11.1 Å². The smallest absolute Gasteiger partial charge is 0.346 e. The highest BCUT2D eigenvalue weighted by Gasteiger charge is 2.51. The van der Waals surface area contributed by atoms with Crippen LogP contribution >= 0.6 is 0 Å². The fraction of sp³-hybridized carbons (Fsp3) is 0.382. The van der Waals surface area contributed by atoms with E-state index in [9.17, 15) is 14.7 Å². The molecule has 0 atom stereocenters. The number of aryl methyl sites for hydroxylation is 2. The van der Waals surface area contributed by atoms with Crippen molar-refractivity contribution in [2.24, 2.45) is 0 Å². The van der Waals surface area contributed by atoms with Gasteiger partial charge in [0.25, 0.3) is 0 Å². The zero-order valence-electron chi connectivity index (χ0n) is 24.0. The zero-order valence-corrected chi connectivity index (χ0v) is 24.0. The van der Waals surface area contributed by atoms with Gasteiger partial charge in [-0.3, -0.25) is 9.36 Å². The molecule has 4 aromatic rings. The fourth-order valence-corrected chi connectivity index (χ4v) is 5.42. The molecule has 1 heterocycles. The maximum Gasteiger partial charge on any atom is 0.346 e. The van der Waals surface area contributed by atoms with Crippen molar-refractivity contribution in [3.05, 3.63) is 111 Å². The third kappa shape index (κ3) is 5.67. The van der Waals surface area contributed by atoms with Crippen molar-refractivity contribution in [3.63, 3.8) is 0 Å². The summed E-state index contributed by atoms with van der Waals surface area (Å²) in [5, 5.41) is 14.2. The van der Waals surface area contributed by atoms with Crippen LogP contribution in [0, 0.1) is 0 Å². The van der Waals surface area contributed by atoms with E-state index < -0.39 is 11.4 Å². The van der Waals surface area contributed by atoms with Gasteiger partial charge in [-0.25, -0.2) is 9.48 Å². The Morgan fingerprint density at radius 3 is 1.98 bits per heavy atom. The predicted molar refractivity (Wildman–Crippen MR) is 159 cm³/mol. The van der Waals surface area contributed by atoms with Crippen molar-refractivity contribution in [1.82, 2.24) is 14.3 Å². The molecule has 0 aliphatic heterocycles.